The zero-order valence-corrected chi connectivity index (χ0v) is 21.0. The van der Waals surface area contributed by atoms with Gasteiger partial charge in [-0.3, -0.25) is 14.3 Å². The summed E-state index contributed by atoms with van der Waals surface area (Å²) >= 11 is 3.61. The zero-order valence-electron chi connectivity index (χ0n) is 19.5. The summed E-state index contributed by atoms with van der Waals surface area (Å²) in [5, 5.41) is 0. The minimum absolute atomic E-state index is 0.0530. The minimum Gasteiger partial charge on any atom is -0.338 e. The van der Waals surface area contributed by atoms with Crippen LogP contribution >= 0.6 is 15.9 Å². The van der Waals surface area contributed by atoms with Crippen LogP contribution in [-0.2, 0) is 11.3 Å². The van der Waals surface area contributed by atoms with Gasteiger partial charge >= 0.3 is 0 Å². The highest BCUT2D eigenvalue weighted by Gasteiger charge is 2.32. The second kappa shape index (κ2) is 9.75. The second-order valence-corrected chi connectivity index (χ2v) is 10.3. The molecule has 1 atom stereocenters. The van der Waals surface area contributed by atoms with Gasteiger partial charge < -0.3 is 4.90 Å². The lowest BCUT2D eigenvalue weighted by molar-refractivity contribution is -0.141. The van der Waals surface area contributed by atoms with E-state index in [1.54, 1.807) is 0 Å². The van der Waals surface area contributed by atoms with E-state index in [9.17, 15) is 4.79 Å². The molecular formula is C26H33BrN4O. The van der Waals surface area contributed by atoms with Crippen LogP contribution in [0.25, 0.3) is 16.7 Å². The first-order chi connectivity index (χ1) is 15.3. The number of para-hydroxylation sites is 2. The lowest BCUT2D eigenvalue weighted by Crippen LogP contribution is -2.49. The quantitative estimate of drug-likeness (QED) is 0.442. The molecule has 0 saturated carbocycles. The topological polar surface area (TPSA) is 41.4 Å². The van der Waals surface area contributed by atoms with Gasteiger partial charge in [0.05, 0.1) is 23.5 Å². The molecule has 2 heterocycles. The van der Waals surface area contributed by atoms with Gasteiger partial charge in [0.1, 0.15) is 5.82 Å². The number of carbonyl (C=O) groups is 1. The number of fused-ring (bicyclic) bond motifs is 1. The van der Waals surface area contributed by atoms with Crippen molar-refractivity contribution >= 4 is 32.9 Å². The molecule has 6 heteroatoms. The molecule has 0 radical (unpaired) electrons. The van der Waals surface area contributed by atoms with Crippen LogP contribution in [0.3, 0.4) is 0 Å². The number of hydrogen-bond acceptors (Lipinski definition) is 3. The first kappa shape index (κ1) is 23.0. The summed E-state index contributed by atoms with van der Waals surface area (Å²) in [4.78, 5) is 22.8. The van der Waals surface area contributed by atoms with E-state index in [4.69, 9.17) is 4.98 Å². The number of halogens is 1. The van der Waals surface area contributed by atoms with Crippen LogP contribution in [0.4, 0.5) is 0 Å². The van der Waals surface area contributed by atoms with Crippen molar-refractivity contribution in [2.45, 2.75) is 59.2 Å². The van der Waals surface area contributed by atoms with E-state index < -0.39 is 0 Å². The smallest absolute Gasteiger partial charge is 0.227 e. The zero-order chi connectivity index (χ0) is 22.8. The normalized spacial score (nSPS) is 17.4. The van der Waals surface area contributed by atoms with E-state index in [0.717, 1.165) is 59.5 Å². The average Bonchev–Trinajstić information content (AvgIpc) is 3.11. The average molecular weight is 497 g/mol. The van der Waals surface area contributed by atoms with Crippen molar-refractivity contribution in [3.63, 3.8) is 0 Å². The molecule has 0 bridgehead atoms. The SMILES string of the molecule is CC(C)N(C(=O)[C@@H]1CCCN(Cc2nc3ccccc3n2-c2cccc(Br)c2)C1)C(C)C. The third kappa shape index (κ3) is 4.76. The molecule has 1 aromatic heterocycles. The van der Waals surface area contributed by atoms with Crippen molar-refractivity contribution in [2.24, 2.45) is 5.92 Å². The van der Waals surface area contributed by atoms with Crippen molar-refractivity contribution in [2.75, 3.05) is 13.1 Å². The van der Waals surface area contributed by atoms with Gasteiger partial charge in [-0.1, -0.05) is 34.1 Å². The number of rotatable bonds is 6. The Morgan fingerprint density at radius 1 is 1.12 bits per heavy atom. The van der Waals surface area contributed by atoms with Gasteiger partial charge in [-0.05, 0) is 77.4 Å². The number of amides is 1. The highest BCUT2D eigenvalue weighted by atomic mass is 79.9. The Morgan fingerprint density at radius 2 is 1.88 bits per heavy atom. The number of likely N-dealkylation sites (tertiary alicyclic amines) is 1. The van der Waals surface area contributed by atoms with E-state index in [2.05, 4.69) is 89.5 Å². The number of imidazole rings is 1. The number of benzene rings is 2. The summed E-state index contributed by atoms with van der Waals surface area (Å²) in [5.41, 5.74) is 3.20. The predicted octanol–water partition coefficient (Wildman–Crippen LogP) is 5.65. The molecule has 4 rings (SSSR count). The van der Waals surface area contributed by atoms with Crippen LogP contribution in [0, 0.1) is 5.92 Å². The number of nitrogens with zero attached hydrogens (tertiary/aromatic N) is 4. The predicted molar refractivity (Wildman–Crippen MR) is 134 cm³/mol. The highest BCUT2D eigenvalue weighted by Crippen LogP contribution is 2.27. The molecule has 170 valence electrons. The maximum absolute atomic E-state index is 13.3. The molecule has 0 aliphatic carbocycles. The Kier molecular flexibility index (Phi) is 7.01. The molecule has 1 amide bonds. The van der Waals surface area contributed by atoms with Crippen molar-refractivity contribution in [3.05, 3.63) is 58.8 Å². The van der Waals surface area contributed by atoms with E-state index in [1.165, 1.54) is 0 Å². The Balaban J connectivity index is 1.61. The molecule has 5 nitrogen and oxygen atoms in total. The first-order valence-electron chi connectivity index (χ1n) is 11.6. The minimum atomic E-state index is 0.0530. The number of hydrogen-bond donors (Lipinski definition) is 0. The van der Waals surface area contributed by atoms with Crippen molar-refractivity contribution in [1.82, 2.24) is 19.4 Å². The summed E-state index contributed by atoms with van der Waals surface area (Å²) in [6.07, 6.45) is 2.00. The molecule has 0 unspecified atom stereocenters. The summed E-state index contributed by atoms with van der Waals surface area (Å²) in [5.74, 6) is 1.36. The molecule has 0 N–H and O–H groups in total. The van der Waals surface area contributed by atoms with E-state index in [1.807, 2.05) is 17.0 Å². The molecule has 1 saturated heterocycles. The van der Waals surface area contributed by atoms with E-state index in [0.29, 0.717) is 5.91 Å². The van der Waals surface area contributed by atoms with Crippen LogP contribution in [0.2, 0.25) is 0 Å². The van der Waals surface area contributed by atoms with Crippen molar-refractivity contribution in [3.8, 4) is 5.69 Å². The van der Waals surface area contributed by atoms with E-state index in [-0.39, 0.29) is 18.0 Å². The monoisotopic (exact) mass is 496 g/mol. The van der Waals surface area contributed by atoms with Crippen LogP contribution in [0.1, 0.15) is 46.4 Å². The number of aromatic nitrogens is 2. The third-order valence-corrected chi connectivity index (χ3v) is 6.78. The maximum atomic E-state index is 13.3. The highest BCUT2D eigenvalue weighted by molar-refractivity contribution is 9.10. The van der Waals surface area contributed by atoms with Gasteiger partial charge in [0.15, 0.2) is 0 Å². The standard InChI is InChI=1S/C26H33BrN4O/c1-18(2)30(19(3)4)26(32)20-9-8-14-29(16-20)17-25-28-23-12-5-6-13-24(23)31(25)22-11-7-10-21(27)15-22/h5-7,10-13,15,18-20H,8-9,14,16-17H2,1-4H3/t20-/m1/s1. The fourth-order valence-electron chi connectivity index (χ4n) is 5.00. The van der Waals surface area contributed by atoms with Gasteiger partial charge in [-0.25, -0.2) is 4.98 Å². The summed E-state index contributed by atoms with van der Waals surface area (Å²) in [6, 6.07) is 17.1. The van der Waals surface area contributed by atoms with Crippen LogP contribution in [0.15, 0.2) is 53.0 Å². The Bertz CT molecular complexity index is 1080. The van der Waals surface area contributed by atoms with Gasteiger partial charge in [0.2, 0.25) is 5.91 Å². The van der Waals surface area contributed by atoms with Gasteiger partial charge in [0, 0.05) is 28.8 Å². The largest absolute Gasteiger partial charge is 0.338 e. The van der Waals surface area contributed by atoms with Crippen molar-refractivity contribution < 1.29 is 4.79 Å². The molecule has 3 aromatic rings. The van der Waals surface area contributed by atoms with Crippen LogP contribution < -0.4 is 0 Å². The molecule has 1 aliphatic rings. The molecular weight excluding hydrogens is 464 g/mol. The molecule has 0 spiro atoms. The lowest BCUT2D eigenvalue weighted by Gasteiger charge is -2.38. The second-order valence-electron chi connectivity index (χ2n) is 9.34. The fraction of sp³-hybridized carbons (Fsp3) is 0.462. The molecule has 2 aromatic carbocycles. The fourth-order valence-corrected chi connectivity index (χ4v) is 5.39. The first-order valence-corrected chi connectivity index (χ1v) is 12.4. The van der Waals surface area contributed by atoms with Gasteiger partial charge in [-0.2, -0.15) is 0 Å². The van der Waals surface area contributed by atoms with Gasteiger partial charge in [0.25, 0.3) is 0 Å². The number of carbonyl (C=O) groups excluding carboxylic acids is 1. The maximum Gasteiger partial charge on any atom is 0.227 e. The summed E-state index contributed by atoms with van der Waals surface area (Å²) < 4.78 is 3.30. The Hall–Kier alpha value is -2.18. The molecule has 1 aliphatic heterocycles. The molecule has 1 fully saturated rings. The Labute approximate surface area is 199 Å². The third-order valence-electron chi connectivity index (χ3n) is 6.28. The summed E-state index contributed by atoms with van der Waals surface area (Å²) in [7, 11) is 0. The van der Waals surface area contributed by atoms with E-state index >= 15 is 0 Å². The summed E-state index contributed by atoms with van der Waals surface area (Å²) in [6.45, 7) is 11.0. The van der Waals surface area contributed by atoms with Crippen LogP contribution in [0.5, 0.6) is 0 Å². The van der Waals surface area contributed by atoms with Crippen LogP contribution in [-0.4, -0.2) is 50.4 Å². The van der Waals surface area contributed by atoms with Crippen molar-refractivity contribution in [1.29, 1.82) is 0 Å². The van der Waals surface area contributed by atoms with Gasteiger partial charge in [-0.15, -0.1) is 0 Å². The molecule has 32 heavy (non-hydrogen) atoms. The lowest BCUT2D eigenvalue weighted by atomic mass is 9.95. The number of piperidine rings is 1. The Morgan fingerprint density at radius 3 is 2.59 bits per heavy atom.